The van der Waals surface area contributed by atoms with Gasteiger partial charge in [0, 0.05) is 30.7 Å². The highest BCUT2D eigenvalue weighted by Gasteiger charge is 2.48. The maximum absolute atomic E-state index is 14.4. The van der Waals surface area contributed by atoms with Crippen LogP contribution in [0.25, 0.3) is 16.6 Å². The minimum atomic E-state index is -0.950. The number of hydrogen-bond acceptors (Lipinski definition) is 5. The van der Waals surface area contributed by atoms with Gasteiger partial charge in [-0.2, -0.15) is 14.9 Å². The molecule has 3 fully saturated rings. The maximum atomic E-state index is 14.4. The molecule has 2 aliphatic carbocycles. The van der Waals surface area contributed by atoms with Gasteiger partial charge >= 0.3 is 0 Å². The van der Waals surface area contributed by atoms with E-state index in [1.807, 2.05) is 16.8 Å². The molecule has 1 amide bonds. The smallest absolute Gasteiger partial charge is 0.276 e. The van der Waals surface area contributed by atoms with Crippen molar-refractivity contribution in [1.82, 2.24) is 19.6 Å². The number of anilines is 2. The van der Waals surface area contributed by atoms with Crippen molar-refractivity contribution in [2.45, 2.75) is 44.6 Å². The SMILES string of the molecule is CC1(n2cc3c(N4CCC5(CC5)C4)c(NC(=O)c4ccc(=O)n(-c5c(F)cccc5F)n4)ccc3n2)CC1. The van der Waals surface area contributed by atoms with Gasteiger partial charge in [-0.05, 0) is 74.8 Å². The molecule has 1 saturated heterocycles. The molecule has 0 unspecified atom stereocenters. The number of carbonyl (C=O) groups is 1. The number of benzene rings is 2. The van der Waals surface area contributed by atoms with E-state index in [1.165, 1.54) is 25.0 Å². The Kier molecular flexibility index (Phi) is 4.83. The Morgan fingerprint density at radius 2 is 1.71 bits per heavy atom. The van der Waals surface area contributed by atoms with E-state index in [-0.39, 0.29) is 11.2 Å². The monoisotopic (exact) mass is 516 g/mol. The van der Waals surface area contributed by atoms with E-state index in [0.29, 0.717) is 15.8 Å². The summed E-state index contributed by atoms with van der Waals surface area (Å²) in [5.41, 5.74) is 1.28. The molecule has 0 atom stereocenters. The third-order valence-electron chi connectivity index (χ3n) is 8.33. The van der Waals surface area contributed by atoms with Crippen molar-refractivity contribution in [3.8, 4) is 5.69 Å². The zero-order valence-corrected chi connectivity index (χ0v) is 20.9. The lowest BCUT2D eigenvalue weighted by molar-refractivity contribution is 0.102. The summed E-state index contributed by atoms with van der Waals surface area (Å²) in [6.45, 7) is 4.00. The highest BCUT2D eigenvalue weighted by Crippen LogP contribution is 2.55. The van der Waals surface area contributed by atoms with Crippen LogP contribution in [0.1, 0.15) is 49.5 Å². The molecule has 194 valence electrons. The van der Waals surface area contributed by atoms with Gasteiger partial charge in [0.25, 0.3) is 11.5 Å². The van der Waals surface area contributed by atoms with E-state index in [4.69, 9.17) is 5.10 Å². The van der Waals surface area contributed by atoms with Crippen molar-refractivity contribution in [2.24, 2.45) is 5.41 Å². The van der Waals surface area contributed by atoms with E-state index in [9.17, 15) is 18.4 Å². The maximum Gasteiger partial charge on any atom is 0.276 e. The fraction of sp³-hybridized carbons (Fsp3) is 0.357. The van der Waals surface area contributed by atoms with Crippen molar-refractivity contribution in [2.75, 3.05) is 23.3 Å². The molecule has 0 radical (unpaired) electrons. The molecule has 3 heterocycles. The average Bonchev–Trinajstić information content (AvgIpc) is 3.72. The highest BCUT2D eigenvalue weighted by molar-refractivity contribution is 6.08. The second-order valence-electron chi connectivity index (χ2n) is 11.1. The van der Waals surface area contributed by atoms with Gasteiger partial charge in [0.2, 0.25) is 0 Å². The van der Waals surface area contributed by atoms with E-state index in [1.54, 1.807) is 0 Å². The fourth-order valence-electron chi connectivity index (χ4n) is 5.49. The second kappa shape index (κ2) is 7.96. The molecule has 10 heteroatoms. The van der Waals surface area contributed by atoms with E-state index < -0.39 is 28.8 Å². The lowest BCUT2D eigenvalue weighted by atomic mass is 10.1. The highest BCUT2D eigenvalue weighted by atomic mass is 19.1. The van der Waals surface area contributed by atoms with Crippen LogP contribution >= 0.6 is 0 Å². The van der Waals surface area contributed by atoms with Gasteiger partial charge in [0.1, 0.15) is 11.4 Å². The van der Waals surface area contributed by atoms with Crippen LogP contribution in [-0.4, -0.2) is 38.6 Å². The van der Waals surface area contributed by atoms with Crippen molar-refractivity contribution >= 4 is 28.2 Å². The first-order valence-corrected chi connectivity index (χ1v) is 12.9. The molecule has 0 bridgehead atoms. The number of nitrogens with zero attached hydrogens (tertiary/aromatic N) is 5. The summed E-state index contributed by atoms with van der Waals surface area (Å²) in [6.07, 6.45) is 7.79. The standard InChI is InChI=1S/C28H26F2N6O2/c1-27(9-10-27)35-15-17-20(32-35)5-6-21(24(17)34-14-13-28(16-34)11-12-28)31-26(38)22-7-8-23(37)36(33-22)25-18(29)3-2-4-19(25)30/h2-8,15H,9-14,16H2,1H3,(H,31,38). The van der Waals surface area contributed by atoms with Crippen LogP contribution in [0.5, 0.6) is 0 Å². The Morgan fingerprint density at radius 1 is 0.947 bits per heavy atom. The van der Waals surface area contributed by atoms with Crippen molar-refractivity contribution < 1.29 is 13.6 Å². The summed E-state index contributed by atoms with van der Waals surface area (Å²) in [5, 5.41) is 12.8. The minimum absolute atomic E-state index is 0.0298. The predicted molar refractivity (Wildman–Crippen MR) is 139 cm³/mol. The minimum Gasteiger partial charge on any atom is -0.369 e. The van der Waals surface area contributed by atoms with Crippen LogP contribution in [0, 0.1) is 17.0 Å². The number of halogens is 2. The first-order chi connectivity index (χ1) is 18.3. The third kappa shape index (κ3) is 3.69. The summed E-state index contributed by atoms with van der Waals surface area (Å²) >= 11 is 0. The molecule has 1 spiro atoms. The summed E-state index contributed by atoms with van der Waals surface area (Å²) in [7, 11) is 0. The summed E-state index contributed by atoms with van der Waals surface area (Å²) < 4.78 is 31.4. The van der Waals surface area contributed by atoms with Crippen LogP contribution in [0.4, 0.5) is 20.2 Å². The number of rotatable bonds is 5. The number of hydrogen-bond donors (Lipinski definition) is 1. The lowest BCUT2D eigenvalue weighted by Crippen LogP contribution is -2.27. The van der Waals surface area contributed by atoms with Crippen LogP contribution < -0.4 is 15.8 Å². The number of fused-ring (bicyclic) bond motifs is 1. The first kappa shape index (κ1) is 23.1. The number of para-hydroxylation sites is 1. The van der Waals surface area contributed by atoms with E-state index in [2.05, 4.69) is 28.4 Å². The zero-order valence-electron chi connectivity index (χ0n) is 20.9. The quantitative estimate of drug-likeness (QED) is 0.419. The van der Waals surface area contributed by atoms with E-state index >= 15 is 0 Å². The second-order valence-corrected chi connectivity index (χ2v) is 11.1. The summed E-state index contributed by atoms with van der Waals surface area (Å²) in [5.74, 6) is -2.48. The first-order valence-electron chi connectivity index (χ1n) is 12.9. The molecule has 8 nitrogen and oxygen atoms in total. The Labute approximate surface area is 216 Å². The lowest BCUT2D eigenvalue weighted by Gasteiger charge is -2.23. The number of carbonyl (C=O) groups excluding carboxylic acids is 1. The van der Waals surface area contributed by atoms with Crippen molar-refractivity contribution in [1.29, 1.82) is 0 Å². The Morgan fingerprint density at radius 3 is 2.39 bits per heavy atom. The normalized spacial score (nSPS) is 18.8. The van der Waals surface area contributed by atoms with Crippen LogP contribution in [0.3, 0.4) is 0 Å². The van der Waals surface area contributed by atoms with Gasteiger partial charge in [-0.25, -0.2) is 8.78 Å². The number of aromatic nitrogens is 4. The Balaban J connectivity index is 1.28. The Hall–Kier alpha value is -4.08. The van der Waals surface area contributed by atoms with Gasteiger partial charge in [0.15, 0.2) is 11.6 Å². The fourth-order valence-corrected chi connectivity index (χ4v) is 5.49. The van der Waals surface area contributed by atoms with Crippen LogP contribution in [0.2, 0.25) is 0 Å². The van der Waals surface area contributed by atoms with Crippen LogP contribution in [-0.2, 0) is 5.54 Å². The third-order valence-corrected chi connectivity index (χ3v) is 8.33. The van der Waals surface area contributed by atoms with Crippen molar-refractivity contribution in [3.05, 3.63) is 76.3 Å². The Bertz CT molecular complexity index is 1660. The van der Waals surface area contributed by atoms with Gasteiger partial charge < -0.3 is 10.2 Å². The van der Waals surface area contributed by atoms with Gasteiger partial charge in [-0.15, -0.1) is 0 Å². The molecule has 1 N–H and O–H groups in total. The molecule has 2 aromatic heterocycles. The predicted octanol–water partition coefficient (Wildman–Crippen LogP) is 4.61. The molecule has 2 aromatic carbocycles. The van der Waals surface area contributed by atoms with Crippen molar-refractivity contribution in [3.63, 3.8) is 0 Å². The molecule has 1 aliphatic heterocycles. The number of amides is 1. The molecular formula is C28H26F2N6O2. The molecule has 38 heavy (non-hydrogen) atoms. The van der Waals surface area contributed by atoms with Gasteiger partial charge in [0.05, 0.1) is 22.4 Å². The summed E-state index contributed by atoms with van der Waals surface area (Å²) in [4.78, 5) is 28.1. The van der Waals surface area contributed by atoms with Crippen LogP contribution in [0.15, 0.2) is 53.5 Å². The molecule has 4 aromatic rings. The zero-order chi connectivity index (χ0) is 26.2. The van der Waals surface area contributed by atoms with Gasteiger partial charge in [-0.3, -0.25) is 14.3 Å². The molecule has 7 rings (SSSR count). The van der Waals surface area contributed by atoms with Gasteiger partial charge in [-0.1, -0.05) is 6.07 Å². The number of nitrogens with one attached hydrogen (secondary N) is 1. The average molecular weight is 517 g/mol. The van der Waals surface area contributed by atoms with E-state index in [0.717, 1.165) is 67.1 Å². The topological polar surface area (TPSA) is 85.0 Å². The molecule has 3 aliphatic rings. The summed E-state index contributed by atoms with van der Waals surface area (Å²) in [6, 6.07) is 9.33. The molecule has 2 saturated carbocycles. The largest absolute Gasteiger partial charge is 0.369 e. The molecular weight excluding hydrogens is 490 g/mol.